The summed E-state index contributed by atoms with van der Waals surface area (Å²) in [7, 11) is 1.84. The molecular formula is C9H16N4O. The predicted octanol–water partition coefficient (Wildman–Crippen LogP) is -0.226. The van der Waals surface area contributed by atoms with Crippen molar-refractivity contribution in [1.29, 1.82) is 0 Å². The van der Waals surface area contributed by atoms with E-state index in [9.17, 15) is 4.79 Å². The summed E-state index contributed by atoms with van der Waals surface area (Å²) >= 11 is 0. The van der Waals surface area contributed by atoms with Crippen LogP contribution in [-0.2, 0) is 18.4 Å². The lowest BCUT2D eigenvalue weighted by Crippen LogP contribution is -2.29. The molecule has 1 amide bonds. The SMILES string of the molecule is CC(N)CC(=O)NCc1cnn(C)c1. The Hall–Kier alpha value is -1.36. The summed E-state index contributed by atoms with van der Waals surface area (Å²) in [5.41, 5.74) is 6.48. The Morgan fingerprint density at radius 3 is 3.00 bits per heavy atom. The molecule has 1 unspecified atom stereocenters. The van der Waals surface area contributed by atoms with Crippen molar-refractivity contribution in [3.05, 3.63) is 18.0 Å². The van der Waals surface area contributed by atoms with E-state index < -0.39 is 0 Å². The Balaban J connectivity index is 2.30. The highest BCUT2D eigenvalue weighted by atomic mass is 16.1. The van der Waals surface area contributed by atoms with Crippen molar-refractivity contribution in [1.82, 2.24) is 15.1 Å². The lowest BCUT2D eigenvalue weighted by molar-refractivity contribution is -0.121. The normalized spacial score (nSPS) is 12.5. The quantitative estimate of drug-likeness (QED) is 0.699. The van der Waals surface area contributed by atoms with E-state index in [-0.39, 0.29) is 11.9 Å². The Morgan fingerprint density at radius 2 is 2.50 bits per heavy atom. The maximum atomic E-state index is 11.2. The fourth-order valence-corrected chi connectivity index (χ4v) is 1.13. The van der Waals surface area contributed by atoms with Crippen LogP contribution in [0, 0.1) is 0 Å². The molecule has 0 aliphatic carbocycles. The van der Waals surface area contributed by atoms with Crippen LogP contribution in [0.15, 0.2) is 12.4 Å². The molecule has 0 saturated heterocycles. The maximum absolute atomic E-state index is 11.2. The molecule has 0 bridgehead atoms. The second kappa shape index (κ2) is 4.76. The maximum Gasteiger partial charge on any atom is 0.221 e. The highest BCUT2D eigenvalue weighted by Crippen LogP contribution is 1.95. The molecular weight excluding hydrogens is 180 g/mol. The zero-order valence-electron chi connectivity index (χ0n) is 8.53. The molecule has 0 aliphatic heterocycles. The zero-order chi connectivity index (χ0) is 10.6. The molecule has 0 aromatic carbocycles. The van der Waals surface area contributed by atoms with Gasteiger partial charge in [-0.25, -0.2) is 0 Å². The first-order valence-corrected chi connectivity index (χ1v) is 4.57. The number of nitrogens with one attached hydrogen (secondary N) is 1. The smallest absolute Gasteiger partial charge is 0.221 e. The Kier molecular flexibility index (Phi) is 3.64. The highest BCUT2D eigenvalue weighted by Gasteiger charge is 2.04. The molecule has 0 saturated carbocycles. The summed E-state index contributed by atoms with van der Waals surface area (Å²) in [6, 6.07) is -0.0936. The molecule has 1 aromatic heterocycles. The fourth-order valence-electron chi connectivity index (χ4n) is 1.13. The number of carbonyl (C=O) groups excluding carboxylic acids is 1. The van der Waals surface area contributed by atoms with Crippen molar-refractivity contribution in [2.75, 3.05) is 0 Å². The number of aromatic nitrogens is 2. The molecule has 1 aromatic rings. The van der Waals surface area contributed by atoms with Gasteiger partial charge < -0.3 is 11.1 Å². The third kappa shape index (κ3) is 3.57. The molecule has 0 fully saturated rings. The summed E-state index contributed by atoms with van der Waals surface area (Å²) in [4.78, 5) is 11.2. The first kappa shape index (κ1) is 10.7. The van der Waals surface area contributed by atoms with E-state index in [0.717, 1.165) is 5.56 Å². The van der Waals surface area contributed by atoms with E-state index in [2.05, 4.69) is 10.4 Å². The van der Waals surface area contributed by atoms with E-state index in [1.807, 2.05) is 20.2 Å². The second-order valence-electron chi connectivity index (χ2n) is 3.48. The van der Waals surface area contributed by atoms with Gasteiger partial charge in [-0.15, -0.1) is 0 Å². The second-order valence-corrected chi connectivity index (χ2v) is 3.48. The van der Waals surface area contributed by atoms with Gasteiger partial charge in [-0.2, -0.15) is 5.10 Å². The summed E-state index contributed by atoms with van der Waals surface area (Å²) in [6.07, 6.45) is 3.96. The van der Waals surface area contributed by atoms with E-state index in [0.29, 0.717) is 13.0 Å². The van der Waals surface area contributed by atoms with Gasteiger partial charge in [0.25, 0.3) is 0 Å². The number of rotatable bonds is 4. The third-order valence-electron chi connectivity index (χ3n) is 1.76. The number of carbonyl (C=O) groups is 1. The molecule has 0 spiro atoms. The number of nitrogens with zero attached hydrogens (tertiary/aromatic N) is 2. The average molecular weight is 196 g/mol. The zero-order valence-corrected chi connectivity index (χ0v) is 8.53. The van der Waals surface area contributed by atoms with Gasteiger partial charge in [0.15, 0.2) is 0 Å². The number of hydrogen-bond acceptors (Lipinski definition) is 3. The predicted molar refractivity (Wildman–Crippen MR) is 53.3 cm³/mol. The van der Waals surface area contributed by atoms with Crippen molar-refractivity contribution < 1.29 is 4.79 Å². The molecule has 1 rings (SSSR count). The molecule has 0 radical (unpaired) electrons. The molecule has 78 valence electrons. The van der Waals surface area contributed by atoms with Gasteiger partial charge in [-0.3, -0.25) is 9.48 Å². The summed E-state index contributed by atoms with van der Waals surface area (Å²) < 4.78 is 1.70. The van der Waals surface area contributed by atoms with Crippen LogP contribution in [-0.4, -0.2) is 21.7 Å². The lowest BCUT2D eigenvalue weighted by atomic mass is 10.2. The number of aryl methyl sites for hydroxylation is 1. The summed E-state index contributed by atoms with van der Waals surface area (Å²) in [5.74, 6) is -0.0242. The van der Waals surface area contributed by atoms with E-state index in [1.165, 1.54) is 0 Å². The van der Waals surface area contributed by atoms with E-state index >= 15 is 0 Å². The topological polar surface area (TPSA) is 72.9 Å². The first-order valence-electron chi connectivity index (χ1n) is 4.57. The van der Waals surface area contributed by atoms with Crippen molar-refractivity contribution in [2.45, 2.75) is 25.9 Å². The molecule has 14 heavy (non-hydrogen) atoms. The average Bonchev–Trinajstić information content (AvgIpc) is 2.47. The van der Waals surface area contributed by atoms with E-state index in [4.69, 9.17) is 5.73 Å². The molecule has 0 aliphatic rings. The van der Waals surface area contributed by atoms with Crippen molar-refractivity contribution >= 4 is 5.91 Å². The van der Waals surface area contributed by atoms with Crippen LogP contribution >= 0.6 is 0 Å². The van der Waals surface area contributed by atoms with Gasteiger partial charge in [0.2, 0.25) is 5.91 Å². The van der Waals surface area contributed by atoms with Crippen molar-refractivity contribution in [3.8, 4) is 0 Å². The monoisotopic (exact) mass is 196 g/mol. The molecule has 1 heterocycles. The van der Waals surface area contributed by atoms with Crippen molar-refractivity contribution in [2.24, 2.45) is 12.8 Å². The third-order valence-corrected chi connectivity index (χ3v) is 1.76. The fraction of sp³-hybridized carbons (Fsp3) is 0.556. The van der Waals surface area contributed by atoms with Crippen LogP contribution in [0.2, 0.25) is 0 Å². The Morgan fingerprint density at radius 1 is 1.79 bits per heavy atom. The molecule has 3 N–H and O–H groups in total. The minimum atomic E-state index is -0.0936. The van der Waals surface area contributed by atoms with Gasteiger partial charge in [-0.05, 0) is 6.92 Å². The molecule has 1 atom stereocenters. The summed E-state index contributed by atoms with van der Waals surface area (Å²) in [6.45, 7) is 2.32. The van der Waals surface area contributed by atoms with Gasteiger partial charge in [0.05, 0.1) is 6.20 Å². The highest BCUT2D eigenvalue weighted by molar-refractivity contribution is 5.76. The van der Waals surface area contributed by atoms with Crippen LogP contribution in [0.25, 0.3) is 0 Å². The van der Waals surface area contributed by atoms with Gasteiger partial charge in [0.1, 0.15) is 0 Å². The van der Waals surface area contributed by atoms with Crippen LogP contribution in [0.3, 0.4) is 0 Å². The molecule has 5 nitrogen and oxygen atoms in total. The lowest BCUT2D eigenvalue weighted by Gasteiger charge is -2.05. The minimum Gasteiger partial charge on any atom is -0.352 e. The number of nitrogens with two attached hydrogens (primary N) is 1. The van der Waals surface area contributed by atoms with Gasteiger partial charge in [0, 0.05) is 37.8 Å². The number of hydrogen-bond donors (Lipinski definition) is 2. The Bertz CT molecular complexity index is 306. The largest absolute Gasteiger partial charge is 0.352 e. The van der Waals surface area contributed by atoms with Crippen molar-refractivity contribution in [3.63, 3.8) is 0 Å². The van der Waals surface area contributed by atoms with Gasteiger partial charge in [-0.1, -0.05) is 0 Å². The van der Waals surface area contributed by atoms with Crippen LogP contribution in [0.1, 0.15) is 18.9 Å². The molecule has 5 heteroatoms. The van der Waals surface area contributed by atoms with Crippen LogP contribution in [0.5, 0.6) is 0 Å². The van der Waals surface area contributed by atoms with Gasteiger partial charge >= 0.3 is 0 Å². The van der Waals surface area contributed by atoms with E-state index in [1.54, 1.807) is 10.9 Å². The minimum absolute atomic E-state index is 0.0242. The Labute approximate surface area is 83.3 Å². The van der Waals surface area contributed by atoms with Crippen LogP contribution in [0.4, 0.5) is 0 Å². The first-order chi connectivity index (χ1) is 6.58. The van der Waals surface area contributed by atoms with Crippen LogP contribution < -0.4 is 11.1 Å². The summed E-state index contributed by atoms with van der Waals surface area (Å²) in [5, 5.41) is 6.77. The standard InChI is InChI=1S/C9H16N4O/c1-7(10)3-9(14)11-4-8-5-12-13(2)6-8/h5-7H,3-4,10H2,1-2H3,(H,11,14). The number of amides is 1.